The zero-order valence-electron chi connectivity index (χ0n) is 31.3. The number of likely N-dealkylation sites (N-methyl/N-ethyl adjacent to an activating group) is 1. The minimum Gasteiger partial charge on any atom is -0.476 e. The second kappa shape index (κ2) is 16.5. The molecule has 0 aliphatic carbocycles. The Hall–Kier alpha value is -6.79. The molecule has 0 radical (unpaired) electrons. The number of rotatable bonds is 10. The van der Waals surface area contributed by atoms with Crippen LogP contribution < -0.4 is 16.2 Å². The number of pyridine rings is 4. The molecule has 290 valence electrons. The lowest BCUT2D eigenvalue weighted by Gasteiger charge is -2.12. The average Bonchev–Trinajstić information content (AvgIpc) is 3.70. The molecule has 0 unspecified atom stereocenters. The van der Waals surface area contributed by atoms with Gasteiger partial charge in [-0.25, -0.2) is 48.7 Å². The highest BCUT2D eigenvalue weighted by Gasteiger charge is 2.20. The third-order valence-electron chi connectivity index (χ3n) is 8.45. The zero-order chi connectivity index (χ0) is 40.2. The fourth-order valence-corrected chi connectivity index (χ4v) is 6.14. The normalized spacial score (nSPS) is 11.3. The van der Waals surface area contributed by atoms with E-state index in [0.29, 0.717) is 87.5 Å². The van der Waals surface area contributed by atoms with Gasteiger partial charge in [-0.1, -0.05) is 11.6 Å². The van der Waals surface area contributed by atoms with Crippen molar-refractivity contribution in [3.8, 4) is 28.7 Å². The van der Waals surface area contributed by atoms with Gasteiger partial charge in [0, 0.05) is 48.5 Å². The first-order valence-corrected chi connectivity index (χ1v) is 17.8. The minimum atomic E-state index is -0.455. The smallest absolute Gasteiger partial charge is 0.213 e. The number of hydrogen-bond acceptors (Lipinski definition) is 14. The van der Waals surface area contributed by atoms with Crippen LogP contribution in [0.2, 0.25) is 5.15 Å². The molecule has 0 aromatic carbocycles. The minimum absolute atomic E-state index is 0.268. The van der Waals surface area contributed by atoms with Crippen molar-refractivity contribution in [2.45, 2.75) is 26.9 Å². The van der Waals surface area contributed by atoms with Crippen LogP contribution in [-0.4, -0.2) is 91.1 Å². The molecule has 8 rings (SSSR count). The molecular formula is C38H36ClF2N15O. The number of ether oxygens (including phenoxy) is 1. The fraction of sp³-hybridized carbons (Fsp3) is 0.211. The number of anilines is 2. The lowest BCUT2D eigenvalue weighted by molar-refractivity contribution is 0.253. The van der Waals surface area contributed by atoms with Gasteiger partial charge < -0.3 is 30.2 Å². The molecule has 8 aromatic heterocycles. The van der Waals surface area contributed by atoms with Crippen molar-refractivity contribution in [1.29, 1.82) is 0 Å². The lowest BCUT2D eigenvalue weighted by Crippen LogP contribution is -2.19. The maximum Gasteiger partial charge on any atom is 0.213 e. The first kappa shape index (κ1) is 38.5. The number of fused-ring (bicyclic) bond motifs is 2. The number of hydrogen-bond donors (Lipinski definition) is 2. The van der Waals surface area contributed by atoms with Crippen molar-refractivity contribution in [3.63, 3.8) is 0 Å². The largest absolute Gasteiger partial charge is 0.476 e. The van der Waals surface area contributed by atoms with Gasteiger partial charge in [-0.05, 0) is 69.4 Å². The number of imidazole rings is 2. The van der Waals surface area contributed by atoms with Gasteiger partial charge in [-0.15, -0.1) is 0 Å². The van der Waals surface area contributed by atoms with Gasteiger partial charge >= 0.3 is 0 Å². The Morgan fingerprint density at radius 3 is 1.68 bits per heavy atom. The van der Waals surface area contributed by atoms with E-state index in [1.165, 1.54) is 18.3 Å². The third-order valence-corrected chi connectivity index (χ3v) is 8.66. The molecule has 0 saturated heterocycles. The number of halogens is 3. The summed E-state index contributed by atoms with van der Waals surface area (Å²) < 4.78 is 37.0. The summed E-state index contributed by atoms with van der Waals surface area (Å²) >= 11 is 5.99. The highest BCUT2D eigenvalue weighted by atomic mass is 35.5. The molecule has 8 aromatic rings. The first-order chi connectivity index (χ1) is 27.4. The lowest BCUT2D eigenvalue weighted by atomic mass is 10.2. The van der Waals surface area contributed by atoms with E-state index >= 15 is 0 Å². The van der Waals surface area contributed by atoms with Crippen LogP contribution in [0.5, 0.6) is 5.88 Å². The fourth-order valence-electron chi connectivity index (χ4n) is 5.95. The van der Waals surface area contributed by atoms with E-state index in [4.69, 9.17) is 27.8 Å². The van der Waals surface area contributed by atoms with E-state index in [1.807, 2.05) is 46.3 Å². The summed E-state index contributed by atoms with van der Waals surface area (Å²) in [5, 5.41) is 0.381. The van der Waals surface area contributed by atoms with Gasteiger partial charge in [0.1, 0.15) is 46.7 Å². The predicted molar refractivity (Wildman–Crippen MR) is 211 cm³/mol. The van der Waals surface area contributed by atoms with E-state index in [-0.39, 0.29) is 11.6 Å². The van der Waals surface area contributed by atoms with Crippen molar-refractivity contribution in [2.24, 2.45) is 0 Å². The third kappa shape index (κ3) is 8.87. The number of aromatic nitrogens is 12. The Labute approximate surface area is 329 Å². The molecule has 0 atom stereocenters. The molecule has 0 saturated carbocycles. The summed E-state index contributed by atoms with van der Waals surface area (Å²) in [5.41, 5.74) is 17.0. The molecule has 16 nitrogen and oxygen atoms in total. The number of nitrogens with two attached hydrogens (primary N) is 2. The molecule has 0 aliphatic rings. The van der Waals surface area contributed by atoms with Gasteiger partial charge in [-0.3, -0.25) is 9.97 Å². The van der Waals surface area contributed by atoms with E-state index in [9.17, 15) is 8.78 Å². The summed E-state index contributed by atoms with van der Waals surface area (Å²) in [4.78, 5) is 44.7. The predicted octanol–water partition coefficient (Wildman–Crippen LogP) is 5.32. The van der Waals surface area contributed by atoms with Crippen LogP contribution in [0.1, 0.15) is 22.8 Å². The highest BCUT2D eigenvalue weighted by Crippen LogP contribution is 2.29. The standard InChI is InChI=1S/C21H23FN8O.C17H13ClFN7/c1-13-26-19(23)18-21(27-13)30(20(28-18)15-9-16(22)11-24-10-15)12-14-4-5-25-17(8-14)31-7-6-29(2)3;1-9-23-15(20)14-17(24-9)26(8-10-2-3-22-13(18)4-10)16(25-14)11-5-12(19)7-21-6-11/h4-5,8-11H,6-7,12H2,1-3H3,(H2,23,26,27);2-7H,8H2,1H3,(H2,20,23,24). The molecule has 8 heterocycles. The number of nitrogens with zero attached hydrogens (tertiary/aromatic N) is 13. The van der Waals surface area contributed by atoms with Crippen molar-refractivity contribution in [3.05, 3.63) is 113 Å². The maximum absolute atomic E-state index is 13.9. The Morgan fingerprint density at radius 2 is 1.19 bits per heavy atom. The summed E-state index contributed by atoms with van der Waals surface area (Å²) in [6.45, 7) is 5.63. The van der Waals surface area contributed by atoms with Gasteiger partial charge in [-0.2, -0.15) is 0 Å². The molecule has 0 spiro atoms. The van der Waals surface area contributed by atoms with Gasteiger partial charge in [0.15, 0.2) is 34.0 Å². The molecular weight excluding hydrogens is 756 g/mol. The number of aryl methyl sites for hydroxylation is 2. The van der Waals surface area contributed by atoms with Crippen LogP contribution >= 0.6 is 11.6 Å². The molecule has 57 heavy (non-hydrogen) atoms. The zero-order valence-corrected chi connectivity index (χ0v) is 32.0. The maximum atomic E-state index is 13.9. The topological polar surface area (TPSA) is 203 Å². The van der Waals surface area contributed by atoms with E-state index in [0.717, 1.165) is 30.1 Å². The Bertz CT molecular complexity index is 2720. The first-order valence-electron chi connectivity index (χ1n) is 17.5. The average molecular weight is 792 g/mol. The quantitative estimate of drug-likeness (QED) is 0.169. The van der Waals surface area contributed by atoms with Crippen molar-refractivity contribution in [2.75, 3.05) is 38.7 Å². The van der Waals surface area contributed by atoms with Crippen LogP contribution in [0.4, 0.5) is 20.4 Å². The summed E-state index contributed by atoms with van der Waals surface area (Å²) in [7, 11) is 3.96. The van der Waals surface area contributed by atoms with Crippen molar-refractivity contribution >= 4 is 45.6 Å². The Kier molecular flexibility index (Phi) is 11.2. The van der Waals surface area contributed by atoms with Gasteiger partial charge in [0.25, 0.3) is 0 Å². The highest BCUT2D eigenvalue weighted by molar-refractivity contribution is 6.29. The summed E-state index contributed by atoms with van der Waals surface area (Å²) in [6.07, 6.45) is 8.69. The summed E-state index contributed by atoms with van der Waals surface area (Å²) in [6, 6.07) is 10.1. The van der Waals surface area contributed by atoms with Crippen LogP contribution in [0.25, 0.3) is 45.1 Å². The molecule has 0 bridgehead atoms. The molecule has 0 fully saturated rings. The SMILES string of the molecule is Cc1nc(N)c2nc(-c3cncc(F)c3)n(Cc3ccnc(Cl)c3)c2n1.Cc1nc(N)c2nc(-c3cncc(F)c3)n(Cc3ccnc(OCCN(C)C)c3)c2n1. The molecule has 4 N–H and O–H groups in total. The van der Waals surface area contributed by atoms with Crippen LogP contribution in [0, 0.1) is 25.5 Å². The van der Waals surface area contributed by atoms with E-state index in [2.05, 4.69) is 49.8 Å². The second-order valence-electron chi connectivity index (χ2n) is 13.1. The van der Waals surface area contributed by atoms with Crippen LogP contribution in [0.15, 0.2) is 73.6 Å². The van der Waals surface area contributed by atoms with Crippen molar-refractivity contribution in [1.82, 2.24) is 63.9 Å². The Balaban J connectivity index is 0.000000177. The van der Waals surface area contributed by atoms with E-state index in [1.54, 1.807) is 38.5 Å². The molecule has 0 aliphatic heterocycles. The molecule has 19 heteroatoms. The molecule has 0 amide bonds. The van der Waals surface area contributed by atoms with Crippen LogP contribution in [0.3, 0.4) is 0 Å². The van der Waals surface area contributed by atoms with E-state index < -0.39 is 11.6 Å². The van der Waals surface area contributed by atoms with Gasteiger partial charge in [0.05, 0.1) is 25.5 Å². The van der Waals surface area contributed by atoms with Crippen LogP contribution in [-0.2, 0) is 13.1 Å². The van der Waals surface area contributed by atoms with Gasteiger partial charge in [0.2, 0.25) is 5.88 Å². The van der Waals surface area contributed by atoms with Crippen molar-refractivity contribution < 1.29 is 13.5 Å². The number of nitrogen functional groups attached to an aromatic ring is 2. The summed E-state index contributed by atoms with van der Waals surface area (Å²) in [5.74, 6) is 2.20. The monoisotopic (exact) mass is 791 g/mol. The Morgan fingerprint density at radius 1 is 0.684 bits per heavy atom. The second-order valence-corrected chi connectivity index (χ2v) is 13.5.